The SMILES string of the molecule is CCOC(=O)c1ccc(N2C(=O)[C@@H]3[C@H](C2=O)[C@@H](C(=O)c2ccc(Cl)cc2)N2CCC[C@@H]32)cc1. The first-order chi connectivity index (χ1) is 15.9. The molecule has 0 radical (unpaired) electrons. The van der Waals surface area contributed by atoms with Crippen LogP contribution in [0.3, 0.4) is 0 Å². The summed E-state index contributed by atoms with van der Waals surface area (Å²) in [7, 11) is 0. The molecule has 0 aromatic heterocycles. The van der Waals surface area contributed by atoms with Crippen molar-refractivity contribution in [3.05, 3.63) is 64.7 Å². The molecular weight excluding hydrogens is 444 g/mol. The van der Waals surface area contributed by atoms with Gasteiger partial charge in [0.25, 0.3) is 0 Å². The molecule has 2 amide bonds. The summed E-state index contributed by atoms with van der Waals surface area (Å²) in [6.45, 7) is 2.67. The summed E-state index contributed by atoms with van der Waals surface area (Å²) in [5, 5.41) is 0.527. The lowest BCUT2D eigenvalue weighted by Gasteiger charge is -2.27. The standard InChI is InChI=1S/C25H23ClN2O5/c1-2-33-25(32)15-7-11-17(12-8-15)28-23(30)19-18-4-3-13-27(18)21(20(19)24(28)31)22(29)14-5-9-16(26)10-6-14/h5-12,18-21H,2-4,13H2,1H3/t18-,19-,20-,21-/m0/s1. The zero-order chi connectivity index (χ0) is 23.3. The van der Waals surface area contributed by atoms with E-state index in [0.29, 0.717) is 28.4 Å². The molecule has 3 fully saturated rings. The Bertz CT molecular complexity index is 1130. The summed E-state index contributed by atoms with van der Waals surface area (Å²) < 4.78 is 5.00. The number of carbonyl (C=O) groups is 4. The van der Waals surface area contributed by atoms with Gasteiger partial charge in [-0.05, 0) is 74.8 Å². The molecule has 0 aliphatic carbocycles. The Morgan fingerprint density at radius 2 is 1.61 bits per heavy atom. The van der Waals surface area contributed by atoms with Gasteiger partial charge in [-0.15, -0.1) is 0 Å². The molecule has 33 heavy (non-hydrogen) atoms. The lowest BCUT2D eigenvalue weighted by molar-refractivity contribution is -0.123. The van der Waals surface area contributed by atoms with E-state index in [2.05, 4.69) is 0 Å². The number of carbonyl (C=O) groups excluding carboxylic acids is 4. The largest absolute Gasteiger partial charge is 0.462 e. The number of halogens is 1. The molecule has 4 atom stereocenters. The number of ketones is 1. The van der Waals surface area contributed by atoms with Crippen molar-refractivity contribution < 1.29 is 23.9 Å². The minimum absolute atomic E-state index is 0.128. The molecule has 0 spiro atoms. The van der Waals surface area contributed by atoms with Crippen molar-refractivity contribution in [1.29, 1.82) is 0 Å². The molecule has 3 aliphatic rings. The molecule has 3 saturated heterocycles. The average molecular weight is 467 g/mol. The molecule has 8 heteroatoms. The van der Waals surface area contributed by atoms with Crippen LogP contribution in [0.1, 0.15) is 40.5 Å². The van der Waals surface area contributed by atoms with Crippen molar-refractivity contribution in [2.24, 2.45) is 11.8 Å². The summed E-state index contributed by atoms with van der Waals surface area (Å²) in [6, 6.07) is 12.1. The van der Waals surface area contributed by atoms with Crippen molar-refractivity contribution in [3.8, 4) is 0 Å². The van der Waals surface area contributed by atoms with Gasteiger partial charge in [0, 0.05) is 16.6 Å². The van der Waals surface area contributed by atoms with E-state index in [1.165, 1.54) is 4.90 Å². The van der Waals surface area contributed by atoms with Crippen LogP contribution in [-0.4, -0.2) is 53.7 Å². The number of esters is 1. The number of fused-ring (bicyclic) bond motifs is 3. The number of rotatable bonds is 5. The first-order valence-electron chi connectivity index (χ1n) is 11.1. The smallest absolute Gasteiger partial charge is 0.338 e. The monoisotopic (exact) mass is 466 g/mol. The number of Topliss-reactive ketones (excluding diaryl/α,β-unsaturated/α-hetero) is 1. The summed E-state index contributed by atoms with van der Waals surface area (Å²) in [6.07, 6.45) is 1.66. The lowest BCUT2D eigenvalue weighted by Crippen LogP contribution is -2.46. The van der Waals surface area contributed by atoms with Gasteiger partial charge in [-0.2, -0.15) is 0 Å². The third-order valence-corrected chi connectivity index (χ3v) is 7.14. The van der Waals surface area contributed by atoms with E-state index in [1.54, 1.807) is 55.5 Å². The van der Waals surface area contributed by atoms with E-state index < -0.39 is 23.8 Å². The second-order valence-corrected chi connectivity index (χ2v) is 9.03. The first-order valence-corrected chi connectivity index (χ1v) is 11.5. The van der Waals surface area contributed by atoms with E-state index in [1.807, 2.05) is 4.90 Å². The van der Waals surface area contributed by atoms with Gasteiger partial charge >= 0.3 is 5.97 Å². The molecule has 0 saturated carbocycles. The Kier molecular flexibility index (Phi) is 5.54. The van der Waals surface area contributed by atoms with Crippen LogP contribution < -0.4 is 4.90 Å². The second kappa shape index (κ2) is 8.39. The number of imide groups is 1. The Morgan fingerprint density at radius 1 is 0.970 bits per heavy atom. The molecule has 0 N–H and O–H groups in total. The van der Waals surface area contributed by atoms with E-state index >= 15 is 0 Å². The zero-order valence-electron chi connectivity index (χ0n) is 18.1. The highest BCUT2D eigenvalue weighted by Gasteiger charge is 2.64. The number of anilines is 1. The molecule has 7 nitrogen and oxygen atoms in total. The maximum Gasteiger partial charge on any atom is 0.338 e. The van der Waals surface area contributed by atoms with Crippen LogP contribution in [0.25, 0.3) is 0 Å². The van der Waals surface area contributed by atoms with Crippen molar-refractivity contribution in [1.82, 2.24) is 4.90 Å². The predicted molar refractivity (Wildman–Crippen MR) is 121 cm³/mol. The zero-order valence-corrected chi connectivity index (χ0v) is 18.8. The second-order valence-electron chi connectivity index (χ2n) is 8.59. The van der Waals surface area contributed by atoms with Gasteiger partial charge in [-0.25, -0.2) is 9.69 Å². The molecule has 2 aromatic rings. The molecule has 0 bridgehead atoms. The number of benzene rings is 2. The molecule has 3 aliphatic heterocycles. The Balaban J connectivity index is 1.47. The van der Waals surface area contributed by atoms with E-state index in [9.17, 15) is 19.2 Å². The fourth-order valence-corrected chi connectivity index (χ4v) is 5.64. The molecule has 0 unspecified atom stereocenters. The Labute approximate surface area is 196 Å². The first kappa shape index (κ1) is 21.8. The van der Waals surface area contributed by atoms with Crippen LogP contribution in [-0.2, 0) is 14.3 Å². The lowest BCUT2D eigenvalue weighted by atomic mass is 9.85. The third kappa shape index (κ3) is 3.47. The highest BCUT2D eigenvalue weighted by atomic mass is 35.5. The summed E-state index contributed by atoms with van der Waals surface area (Å²) >= 11 is 5.98. The van der Waals surface area contributed by atoms with Crippen LogP contribution in [0, 0.1) is 11.8 Å². The Morgan fingerprint density at radius 3 is 2.27 bits per heavy atom. The van der Waals surface area contributed by atoms with E-state index in [0.717, 1.165) is 12.8 Å². The highest BCUT2D eigenvalue weighted by Crippen LogP contribution is 2.48. The number of hydrogen-bond acceptors (Lipinski definition) is 6. The van der Waals surface area contributed by atoms with Crippen molar-refractivity contribution in [2.45, 2.75) is 31.8 Å². The van der Waals surface area contributed by atoms with Crippen molar-refractivity contribution in [2.75, 3.05) is 18.1 Å². The molecular formula is C25H23ClN2O5. The van der Waals surface area contributed by atoms with E-state index in [-0.39, 0.29) is 30.2 Å². The quantitative estimate of drug-likeness (QED) is 0.382. The molecule has 170 valence electrons. The molecule has 2 aromatic carbocycles. The van der Waals surface area contributed by atoms with Gasteiger partial charge in [0.05, 0.1) is 35.7 Å². The van der Waals surface area contributed by atoms with Gasteiger partial charge in [0.15, 0.2) is 5.78 Å². The highest BCUT2D eigenvalue weighted by molar-refractivity contribution is 6.30. The molecule has 3 heterocycles. The van der Waals surface area contributed by atoms with Crippen LogP contribution in [0.2, 0.25) is 5.02 Å². The average Bonchev–Trinajstić information content (AvgIpc) is 3.46. The van der Waals surface area contributed by atoms with Crippen LogP contribution in [0.15, 0.2) is 48.5 Å². The normalized spacial score (nSPS) is 26.4. The third-order valence-electron chi connectivity index (χ3n) is 6.89. The summed E-state index contributed by atoms with van der Waals surface area (Å²) in [4.78, 5) is 55.7. The fraction of sp³-hybridized carbons (Fsp3) is 0.360. The Hall–Kier alpha value is -3.03. The number of ether oxygens (including phenoxy) is 1. The maximum absolute atomic E-state index is 13.6. The topological polar surface area (TPSA) is 84.0 Å². The van der Waals surface area contributed by atoms with Gasteiger partial charge in [0.2, 0.25) is 11.8 Å². The van der Waals surface area contributed by atoms with Gasteiger partial charge < -0.3 is 4.74 Å². The molecule has 5 rings (SSSR count). The predicted octanol–water partition coefficient (Wildman–Crippen LogP) is 3.35. The van der Waals surface area contributed by atoms with Crippen LogP contribution in [0.5, 0.6) is 0 Å². The maximum atomic E-state index is 13.6. The minimum atomic E-state index is -0.726. The van der Waals surface area contributed by atoms with Crippen LogP contribution in [0.4, 0.5) is 5.69 Å². The number of amides is 2. The van der Waals surface area contributed by atoms with Gasteiger partial charge in [-0.3, -0.25) is 19.3 Å². The number of hydrogen-bond donors (Lipinski definition) is 0. The fourth-order valence-electron chi connectivity index (χ4n) is 5.52. The summed E-state index contributed by atoms with van der Waals surface area (Å²) in [5.74, 6) is -2.54. The van der Waals surface area contributed by atoms with Crippen molar-refractivity contribution in [3.63, 3.8) is 0 Å². The van der Waals surface area contributed by atoms with Crippen molar-refractivity contribution >= 4 is 40.9 Å². The van der Waals surface area contributed by atoms with Gasteiger partial charge in [0.1, 0.15) is 0 Å². The number of nitrogens with zero attached hydrogens (tertiary/aromatic N) is 2. The summed E-state index contributed by atoms with van der Waals surface area (Å²) in [5.41, 5.74) is 1.22. The van der Waals surface area contributed by atoms with Gasteiger partial charge in [-0.1, -0.05) is 11.6 Å². The minimum Gasteiger partial charge on any atom is -0.462 e. The van der Waals surface area contributed by atoms with Crippen LogP contribution >= 0.6 is 11.6 Å². The van der Waals surface area contributed by atoms with E-state index in [4.69, 9.17) is 16.3 Å².